The fourth-order valence-corrected chi connectivity index (χ4v) is 2.20. The molecule has 1 aromatic heterocycles. The van der Waals surface area contributed by atoms with Gasteiger partial charge in [0.25, 0.3) is 0 Å². The van der Waals surface area contributed by atoms with Gasteiger partial charge in [0.2, 0.25) is 0 Å². The van der Waals surface area contributed by atoms with Crippen molar-refractivity contribution in [3.63, 3.8) is 0 Å². The SMILES string of the molecule is Cl.N[C@@H](c1ccc(OC(F)F)cc1)c1ccsc1. The number of halogens is 3. The van der Waals surface area contributed by atoms with Gasteiger partial charge in [-0.05, 0) is 40.1 Å². The van der Waals surface area contributed by atoms with E-state index in [0.717, 1.165) is 11.1 Å². The Bertz CT molecular complexity index is 461. The second-order valence-corrected chi connectivity index (χ2v) is 4.26. The predicted octanol–water partition coefficient (Wildman–Crippen LogP) is 3.82. The van der Waals surface area contributed by atoms with Crippen LogP contribution in [0.1, 0.15) is 17.2 Å². The zero-order chi connectivity index (χ0) is 12.3. The highest BCUT2D eigenvalue weighted by molar-refractivity contribution is 7.08. The van der Waals surface area contributed by atoms with Crippen molar-refractivity contribution in [2.24, 2.45) is 5.73 Å². The zero-order valence-corrected chi connectivity index (χ0v) is 10.9. The molecule has 2 N–H and O–H groups in total. The van der Waals surface area contributed by atoms with Gasteiger partial charge < -0.3 is 10.5 Å². The van der Waals surface area contributed by atoms with E-state index in [1.165, 1.54) is 12.1 Å². The third-order valence-corrected chi connectivity index (χ3v) is 3.07. The van der Waals surface area contributed by atoms with Crippen molar-refractivity contribution in [1.29, 1.82) is 0 Å². The van der Waals surface area contributed by atoms with Gasteiger partial charge in [-0.1, -0.05) is 12.1 Å². The molecule has 0 unspecified atom stereocenters. The lowest BCUT2D eigenvalue weighted by atomic mass is 10.0. The summed E-state index contributed by atoms with van der Waals surface area (Å²) in [6, 6.07) is 8.09. The second kappa shape index (κ2) is 6.68. The molecule has 2 nitrogen and oxygen atoms in total. The Morgan fingerprint density at radius 3 is 2.22 bits per heavy atom. The Labute approximate surface area is 114 Å². The van der Waals surface area contributed by atoms with Crippen LogP contribution in [0.25, 0.3) is 0 Å². The molecule has 0 aliphatic heterocycles. The van der Waals surface area contributed by atoms with Crippen molar-refractivity contribution >= 4 is 23.7 Å². The summed E-state index contributed by atoms with van der Waals surface area (Å²) in [5.41, 5.74) is 7.91. The summed E-state index contributed by atoms with van der Waals surface area (Å²) < 4.78 is 28.2. The normalized spacial score (nSPS) is 12.0. The summed E-state index contributed by atoms with van der Waals surface area (Å²) in [5.74, 6) is 0.140. The lowest BCUT2D eigenvalue weighted by Gasteiger charge is -2.11. The van der Waals surface area contributed by atoms with E-state index in [1.54, 1.807) is 23.5 Å². The van der Waals surface area contributed by atoms with Crippen molar-refractivity contribution < 1.29 is 13.5 Å². The van der Waals surface area contributed by atoms with Crippen molar-refractivity contribution in [3.05, 3.63) is 52.2 Å². The van der Waals surface area contributed by atoms with Gasteiger partial charge in [-0.15, -0.1) is 12.4 Å². The predicted molar refractivity (Wildman–Crippen MR) is 70.7 cm³/mol. The first-order valence-corrected chi connectivity index (χ1v) is 5.93. The van der Waals surface area contributed by atoms with Gasteiger partial charge in [0.05, 0.1) is 6.04 Å². The number of hydrogen-bond donors (Lipinski definition) is 1. The summed E-state index contributed by atoms with van der Waals surface area (Å²) in [4.78, 5) is 0. The van der Waals surface area contributed by atoms with Crippen molar-refractivity contribution in [1.82, 2.24) is 0 Å². The van der Waals surface area contributed by atoms with Gasteiger partial charge in [0, 0.05) is 0 Å². The molecule has 18 heavy (non-hydrogen) atoms. The zero-order valence-electron chi connectivity index (χ0n) is 9.25. The van der Waals surface area contributed by atoms with Gasteiger partial charge in [-0.3, -0.25) is 0 Å². The molecule has 98 valence electrons. The molecule has 1 atom stereocenters. The van der Waals surface area contributed by atoms with E-state index in [1.807, 2.05) is 16.8 Å². The third kappa shape index (κ3) is 3.66. The smallest absolute Gasteiger partial charge is 0.387 e. The molecule has 1 heterocycles. The van der Waals surface area contributed by atoms with Gasteiger partial charge in [-0.2, -0.15) is 20.1 Å². The summed E-state index contributed by atoms with van der Waals surface area (Å²) in [6.07, 6.45) is 0. The number of thiophene rings is 1. The summed E-state index contributed by atoms with van der Waals surface area (Å²) >= 11 is 1.57. The maximum atomic E-state index is 12.0. The molecular formula is C12H12ClF2NOS. The molecule has 2 aromatic rings. The van der Waals surface area contributed by atoms with Crippen LogP contribution in [-0.2, 0) is 0 Å². The molecule has 0 amide bonds. The summed E-state index contributed by atoms with van der Waals surface area (Å²) in [5, 5.41) is 3.91. The van der Waals surface area contributed by atoms with E-state index in [2.05, 4.69) is 4.74 Å². The van der Waals surface area contributed by atoms with Gasteiger partial charge in [0.1, 0.15) is 5.75 Å². The molecule has 0 bridgehead atoms. The highest BCUT2D eigenvalue weighted by Gasteiger charge is 2.10. The highest BCUT2D eigenvalue weighted by Crippen LogP contribution is 2.24. The molecular weight excluding hydrogens is 280 g/mol. The molecule has 0 saturated carbocycles. The Hall–Kier alpha value is -1.17. The highest BCUT2D eigenvalue weighted by atomic mass is 35.5. The number of alkyl halides is 2. The van der Waals surface area contributed by atoms with Crippen LogP contribution in [0.3, 0.4) is 0 Å². The van der Waals surface area contributed by atoms with Gasteiger partial charge in [-0.25, -0.2) is 0 Å². The van der Waals surface area contributed by atoms with Crippen LogP contribution in [0.5, 0.6) is 5.75 Å². The molecule has 0 radical (unpaired) electrons. The maximum Gasteiger partial charge on any atom is 0.387 e. The fraction of sp³-hybridized carbons (Fsp3) is 0.167. The Balaban J connectivity index is 0.00000162. The first-order chi connectivity index (χ1) is 8.16. The second-order valence-electron chi connectivity index (χ2n) is 3.48. The third-order valence-electron chi connectivity index (χ3n) is 2.37. The van der Waals surface area contributed by atoms with Crippen LogP contribution in [0.15, 0.2) is 41.1 Å². The topological polar surface area (TPSA) is 35.2 Å². The molecule has 0 fully saturated rings. The number of nitrogens with two attached hydrogens (primary N) is 1. The van der Waals surface area contributed by atoms with Crippen LogP contribution in [0.2, 0.25) is 0 Å². The lowest BCUT2D eigenvalue weighted by molar-refractivity contribution is -0.0498. The molecule has 0 spiro atoms. The standard InChI is InChI=1S/C12H11F2NOS.ClH/c13-12(14)16-10-3-1-8(2-4-10)11(15)9-5-6-17-7-9;/h1-7,11-12H,15H2;1H/t11-;/m0./s1. The van der Waals surface area contributed by atoms with E-state index in [4.69, 9.17) is 5.73 Å². The molecule has 0 saturated heterocycles. The molecule has 1 aromatic carbocycles. The van der Waals surface area contributed by atoms with Gasteiger partial charge in [0.15, 0.2) is 0 Å². The largest absolute Gasteiger partial charge is 0.435 e. The monoisotopic (exact) mass is 291 g/mol. The quantitative estimate of drug-likeness (QED) is 0.929. The molecule has 6 heteroatoms. The van der Waals surface area contributed by atoms with E-state index < -0.39 is 6.61 Å². The summed E-state index contributed by atoms with van der Waals surface area (Å²) in [6.45, 7) is -2.80. The number of benzene rings is 1. The molecule has 0 aliphatic rings. The van der Waals surface area contributed by atoms with Crippen molar-refractivity contribution in [3.8, 4) is 5.75 Å². The molecule has 0 aliphatic carbocycles. The van der Waals surface area contributed by atoms with Crippen LogP contribution in [-0.4, -0.2) is 6.61 Å². The Morgan fingerprint density at radius 2 is 1.72 bits per heavy atom. The minimum absolute atomic E-state index is 0. The van der Waals surface area contributed by atoms with E-state index in [9.17, 15) is 8.78 Å². The average Bonchev–Trinajstić information content (AvgIpc) is 2.82. The van der Waals surface area contributed by atoms with Crippen molar-refractivity contribution in [2.75, 3.05) is 0 Å². The van der Waals surface area contributed by atoms with Crippen molar-refractivity contribution in [2.45, 2.75) is 12.7 Å². The first-order valence-electron chi connectivity index (χ1n) is 4.99. The van der Waals surface area contributed by atoms with Crippen LogP contribution < -0.4 is 10.5 Å². The Morgan fingerprint density at radius 1 is 1.06 bits per heavy atom. The minimum Gasteiger partial charge on any atom is -0.435 e. The molecule has 2 rings (SSSR count). The Kier molecular flexibility index (Phi) is 5.53. The lowest BCUT2D eigenvalue weighted by Crippen LogP contribution is -2.10. The first kappa shape index (κ1) is 14.9. The van der Waals surface area contributed by atoms with Crippen LogP contribution in [0, 0.1) is 0 Å². The fourth-order valence-electron chi connectivity index (χ4n) is 1.50. The number of ether oxygens (including phenoxy) is 1. The van der Waals surface area contributed by atoms with Crippen LogP contribution >= 0.6 is 23.7 Å². The van der Waals surface area contributed by atoms with E-state index in [-0.39, 0.29) is 24.2 Å². The number of rotatable bonds is 4. The maximum absolute atomic E-state index is 12.0. The van der Waals surface area contributed by atoms with E-state index >= 15 is 0 Å². The van der Waals surface area contributed by atoms with E-state index in [0.29, 0.717) is 0 Å². The van der Waals surface area contributed by atoms with Crippen LogP contribution in [0.4, 0.5) is 8.78 Å². The number of hydrogen-bond acceptors (Lipinski definition) is 3. The average molecular weight is 292 g/mol. The van der Waals surface area contributed by atoms with Gasteiger partial charge >= 0.3 is 6.61 Å². The minimum atomic E-state index is -2.80. The summed E-state index contributed by atoms with van der Waals surface area (Å²) in [7, 11) is 0.